The number of rotatable bonds is 12. The van der Waals surface area contributed by atoms with Crippen LogP contribution in [0.3, 0.4) is 0 Å². The minimum atomic E-state index is -4.23. The zero-order valence-corrected chi connectivity index (χ0v) is 22.7. The molecule has 0 spiro atoms. The number of carbonyl (C=O) groups is 2. The van der Waals surface area contributed by atoms with Crippen LogP contribution in [0, 0.1) is 12.7 Å². The number of benzene rings is 3. The average Bonchev–Trinajstić information content (AvgIpc) is 2.91. The van der Waals surface area contributed by atoms with Gasteiger partial charge in [-0.15, -0.1) is 0 Å². The van der Waals surface area contributed by atoms with Crippen LogP contribution >= 0.6 is 0 Å². The van der Waals surface area contributed by atoms with Crippen molar-refractivity contribution >= 4 is 27.5 Å². The Balaban J connectivity index is 1.98. The Morgan fingerprint density at radius 2 is 1.58 bits per heavy atom. The van der Waals surface area contributed by atoms with Crippen molar-refractivity contribution in [2.24, 2.45) is 0 Å². The summed E-state index contributed by atoms with van der Waals surface area (Å²) in [4.78, 5) is 28.1. The topological polar surface area (TPSA) is 86.8 Å². The number of hydrogen-bond donors (Lipinski definition) is 1. The molecule has 0 aliphatic rings. The first kappa shape index (κ1) is 28.8. The molecule has 0 radical (unpaired) electrons. The number of sulfonamides is 1. The van der Waals surface area contributed by atoms with Crippen LogP contribution < -0.4 is 9.62 Å². The van der Waals surface area contributed by atoms with E-state index in [9.17, 15) is 22.4 Å². The monoisotopic (exact) mass is 539 g/mol. The predicted molar refractivity (Wildman–Crippen MR) is 146 cm³/mol. The second-order valence-corrected chi connectivity index (χ2v) is 10.9. The van der Waals surface area contributed by atoms with Crippen LogP contribution in [0.2, 0.25) is 0 Å². The molecule has 2 amide bonds. The third kappa shape index (κ3) is 7.19. The summed E-state index contributed by atoms with van der Waals surface area (Å²) in [5.74, 6) is -1.42. The first-order valence-corrected chi connectivity index (χ1v) is 14.0. The van der Waals surface area contributed by atoms with Crippen molar-refractivity contribution in [1.29, 1.82) is 0 Å². The van der Waals surface area contributed by atoms with E-state index in [4.69, 9.17) is 0 Å². The van der Waals surface area contributed by atoms with Gasteiger partial charge in [0.25, 0.3) is 10.0 Å². The summed E-state index contributed by atoms with van der Waals surface area (Å²) >= 11 is 0. The van der Waals surface area contributed by atoms with E-state index >= 15 is 0 Å². The van der Waals surface area contributed by atoms with E-state index in [1.807, 2.05) is 38.1 Å². The highest BCUT2D eigenvalue weighted by Gasteiger charge is 2.32. The minimum absolute atomic E-state index is 0.132. The van der Waals surface area contributed by atoms with Gasteiger partial charge in [-0.3, -0.25) is 13.9 Å². The Morgan fingerprint density at radius 1 is 0.947 bits per heavy atom. The zero-order valence-electron chi connectivity index (χ0n) is 21.9. The van der Waals surface area contributed by atoms with Crippen molar-refractivity contribution in [2.75, 3.05) is 17.4 Å². The number of carbonyl (C=O) groups excluding carboxylic acids is 2. The number of para-hydroxylation sites is 1. The average molecular weight is 540 g/mol. The van der Waals surface area contributed by atoms with E-state index in [-0.39, 0.29) is 23.0 Å². The van der Waals surface area contributed by atoms with Crippen molar-refractivity contribution in [3.8, 4) is 0 Å². The molecule has 38 heavy (non-hydrogen) atoms. The molecule has 3 aromatic rings. The lowest BCUT2D eigenvalue weighted by molar-refractivity contribution is -0.139. The number of halogens is 1. The Bertz CT molecular complexity index is 1330. The molecule has 0 aliphatic carbocycles. The fourth-order valence-electron chi connectivity index (χ4n) is 3.95. The van der Waals surface area contributed by atoms with E-state index in [0.717, 1.165) is 40.4 Å². The molecule has 3 aromatic carbocycles. The molecule has 1 atom stereocenters. The molecule has 0 heterocycles. The molecule has 7 nitrogen and oxygen atoms in total. The maximum Gasteiger partial charge on any atom is 0.264 e. The van der Waals surface area contributed by atoms with Crippen molar-refractivity contribution in [3.63, 3.8) is 0 Å². The van der Waals surface area contributed by atoms with Crippen LogP contribution in [0.25, 0.3) is 0 Å². The SMILES string of the molecule is CCCCNC(=O)[C@@H](C)N(Cc1ccccc1C)C(=O)CN(c1ccccc1)S(=O)(=O)c1ccc(F)cc1. The number of aryl methyl sites for hydroxylation is 1. The van der Waals surface area contributed by atoms with Gasteiger partial charge in [0.2, 0.25) is 11.8 Å². The molecule has 0 saturated heterocycles. The van der Waals surface area contributed by atoms with Crippen LogP contribution in [0.4, 0.5) is 10.1 Å². The van der Waals surface area contributed by atoms with Crippen LogP contribution in [0.1, 0.15) is 37.8 Å². The summed E-state index contributed by atoms with van der Waals surface area (Å²) in [6.45, 7) is 5.65. The van der Waals surface area contributed by atoms with E-state index in [1.165, 1.54) is 17.0 Å². The Kier molecular flexibility index (Phi) is 10.0. The molecule has 3 rings (SSSR count). The molecule has 0 unspecified atom stereocenters. The lowest BCUT2D eigenvalue weighted by atomic mass is 10.1. The third-order valence-electron chi connectivity index (χ3n) is 6.32. The van der Waals surface area contributed by atoms with Crippen LogP contribution in [0.5, 0.6) is 0 Å². The van der Waals surface area contributed by atoms with E-state index < -0.39 is 34.3 Å². The van der Waals surface area contributed by atoms with Crippen molar-refractivity contribution in [3.05, 3.63) is 95.8 Å². The number of nitrogens with one attached hydrogen (secondary N) is 1. The van der Waals surface area contributed by atoms with Crippen LogP contribution in [-0.4, -0.2) is 44.3 Å². The highest BCUT2D eigenvalue weighted by molar-refractivity contribution is 7.92. The quantitative estimate of drug-likeness (QED) is 0.339. The van der Waals surface area contributed by atoms with Gasteiger partial charge in [-0.2, -0.15) is 0 Å². The maximum absolute atomic E-state index is 13.8. The van der Waals surface area contributed by atoms with Crippen LogP contribution in [0.15, 0.2) is 83.8 Å². The molecule has 0 bridgehead atoms. The van der Waals surface area contributed by atoms with Gasteiger partial charge in [0.15, 0.2) is 0 Å². The van der Waals surface area contributed by atoms with Crippen molar-refractivity contribution in [2.45, 2.75) is 51.1 Å². The molecular formula is C29H34FN3O4S. The van der Waals surface area contributed by atoms with Gasteiger partial charge >= 0.3 is 0 Å². The Hall–Kier alpha value is -3.72. The summed E-state index contributed by atoms with van der Waals surface area (Å²) in [5.41, 5.74) is 2.07. The lowest BCUT2D eigenvalue weighted by Gasteiger charge is -2.32. The molecule has 9 heteroatoms. The molecule has 0 fully saturated rings. The molecule has 0 saturated carbocycles. The fraction of sp³-hybridized carbons (Fsp3) is 0.310. The van der Waals surface area contributed by atoms with Gasteiger partial charge in [0.1, 0.15) is 18.4 Å². The predicted octanol–water partition coefficient (Wildman–Crippen LogP) is 4.66. The second kappa shape index (κ2) is 13.2. The normalized spacial score (nSPS) is 12.0. The maximum atomic E-state index is 13.8. The number of anilines is 1. The summed E-state index contributed by atoms with van der Waals surface area (Å²) in [7, 11) is -4.23. The Morgan fingerprint density at radius 3 is 2.21 bits per heavy atom. The molecule has 0 aromatic heterocycles. The lowest BCUT2D eigenvalue weighted by Crippen LogP contribution is -2.51. The minimum Gasteiger partial charge on any atom is -0.354 e. The van der Waals surface area contributed by atoms with Crippen LogP contribution in [-0.2, 0) is 26.2 Å². The number of amides is 2. The largest absolute Gasteiger partial charge is 0.354 e. The smallest absolute Gasteiger partial charge is 0.264 e. The zero-order chi connectivity index (χ0) is 27.7. The molecule has 0 aliphatic heterocycles. The molecule has 202 valence electrons. The standard InChI is InChI=1S/C29H34FN3O4S/c1-4-5-19-31-29(35)23(3)32(20-24-12-10-9-11-22(24)2)28(34)21-33(26-13-7-6-8-14-26)38(36,37)27-17-15-25(30)16-18-27/h6-18,23H,4-5,19-21H2,1-3H3,(H,31,35)/t23-/m1/s1. The van der Waals surface area contributed by atoms with Gasteiger partial charge in [0.05, 0.1) is 10.6 Å². The highest BCUT2D eigenvalue weighted by Crippen LogP contribution is 2.25. The molecular weight excluding hydrogens is 505 g/mol. The summed E-state index contributed by atoms with van der Waals surface area (Å²) in [5, 5.41) is 2.87. The Labute approximate surface area is 224 Å². The molecule has 1 N–H and O–H groups in total. The van der Waals surface area contributed by atoms with E-state index in [0.29, 0.717) is 6.54 Å². The number of hydrogen-bond acceptors (Lipinski definition) is 4. The van der Waals surface area contributed by atoms with Crippen molar-refractivity contribution < 1.29 is 22.4 Å². The van der Waals surface area contributed by atoms with Gasteiger partial charge in [-0.05, 0) is 67.8 Å². The van der Waals surface area contributed by atoms with Gasteiger partial charge in [-0.25, -0.2) is 12.8 Å². The highest BCUT2D eigenvalue weighted by atomic mass is 32.2. The van der Waals surface area contributed by atoms with E-state index in [1.54, 1.807) is 37.3 Å². The van der Waals surface area contributed by atoms with E-state index in [2.05, 4.69) is 5.32 Å². The van der Waals surface area contributed by atoms with Gasteiger partial charge < -0.3 is 10.2 Å². The third-order valence-corrected chi connectivity index (χ3v) is 8.11. The number of nitrogens with zero attached hydrogens (tertiary/aromatic N) is 2. The fourth-order valence-corrected chi connectivity index (χ4v) is 5.36. The second-order valence-electron chi connectivity index (χ2n) is 9.07. The number of unbranched alkanes of at least 4 members (excludes halogenated alkanes) is 1. The summed E-state index contributed by atoms with van der Waals surface area (Å²) in [6.07, 6.45) is 1.72. The van der Waals surface area contributed by atoms with Gasteiger partial charge in [0, 0.05) is 13.1 Å². The first-order valence-electron chi connectivity index (χ1n) is 12.6. The summed E-state index contributed by atoms with van der Waals surface area (Å²) < 4.78 is 41.8. The van der Waals surface area contributed by atoms with Gasteiger partial charge in [-0.1, -0.05) is 55.8 Å². The van der Waals surface area contributed by atoms with Crippen molar-refractivity contribution in [1.82, 2.24) is 10.2 Å². The first-order chi connectivity index (χ1) is 18.1. The summed E-state index contributed by atoms with van der Waals surface area (Å²) in [6, 6.07) is 19.4.